The molecule has 0 fully saturated rings. The Morgan fingerprint density at radius 2 is 2.11 bits per heavy atom. The summed E-state index contributed by atoms with van der Waals surface area (Å²) in [6.45, 7) is 0.668. The molecule has 0 aliphatic carbocycles. The number of anilines is 2. The van der Waals surface area contributed by atoms with Crippen LogP contribution in [0, 0.1) is 0 Å². The summed E-state index contributed by atoms with van der Waals surface area (Å²) in [5.74, 6) is 0.723. The highest BCUT2D eigenvalue weighted by Crippen LogP contribution is 2.31. The third kappa shape index (κ3) is 2.73. The van der Waals surface area contributed by atoms with Gasteiger partial charge < -0.3 is 20.1 Å². The largest absolute Gasteiger partial charge is 0.497 e. The van der Waals surface area contributed by atoms with Gasteiger partial charge in [-0.25, -0.2) is 0 Å². The lowest BCUT2D eigenvalue weighted by Gasteiger charge is -2.27. The number of carbonyl (C=O) groups excluding carboxylic acids is 1. The number of fused-ring (bicyclic) bond motifs is 1. The second-order valence-corrected chi connectivity index (χ2v) is 4.23. The Hall–Kier alpha value is -1.75. The smallest absolute Gasteiger partial charge is 0.246 e. The number of rotatable bonds is 5. The fourth-order valence-corrected chi connectivity index (χ4v) is 1.99. The highest BCUT2D eigenvalue weighted by Gasteiger charge is 2.24. The predicted octanol–water partition coefficient (Wildman–Crippen LogP) is 1.85. The van der Waals surface area contributed by atoms with Crippen LogP contribution in [0.3, 0.4) is 0 Å². The molecule has 0 radical (unpaired) electrons. The summed E-state index contributed by atoms with van der Waals surface area (Å²) in [7, 11) is 3.27. The molecule has 1 atom stereocenters. The van der Waals surface area contributed by atoms with Crippen molar-refractivity contribution in [2.75, 3.05) is 31.5 Å². The highest BCUT2D eigenvalue weighted by atomic mass is 16.5. The van der Waals surface area contributed by atoms with Crippen LogP contribution >= 0.6 is 0 Å². The molecular weight excluding hydrogens is 232 g/mol. The van der Waals surface area contributed by atoms with E-state index >= 15 is 0 Å². The Kier molecular flexibility index (Phi) is 4.04. The molecule has 2 rings (SSSR count). The Labute approximate surface area is 106 Å². The third-order valence-electron chi connectivity index (χ3n) is 2.97. The Balaban J connectivity index is 2.06. The van der Waals surface area contributed by atoms with Crippen LogP contribution in [0.25, 0.3) is 0 Å². The van der Waals surface area contributed by atoms with Gasteiger partial charge >= 0.3 is 0 Å². The molecule has 2 N–H and O–H groups in total. The first-order chi connectivity index (χ1) is 8.74. The van der Waals surface area contributed by atoms with Gasteiger partial charge in [0.05, 0.1) is 18.5 Å². The quantitative estimate of drug-likeness (QED) is 0.783. The number of methoxy groups -OCH3 is 2. The van der Waals surface area contributed by atoms with E-state index < -0.39 is 0 Å². The molecule has 1 heterocycles. The highest BCUT2D eigenvalue weighted by molar-refractivity contribution is 6.03. The van der Waals surface area contributed by atoms with Crippen LogP contribution in [0.2, 0.25) is 0 Å². The van der Waals surface area contributed by atoms with Gasteiger partial charge in [0.1, 0.15) is 11.8 Å². The number of carbonyl (C=O) groups is 1. The minimum atomic E-state index is -0.193. The summed E-state index contributed by atoms with van der Waals surface area (Å²) in [6.07, 6.45) is 1.61. The number of benzene rings is 1. The molecule has 0 saturated heterocycles. The van der Waals surface area contributed by atoms with Crippen molar-refractivity contribution in [3.05, 3.63) is 18.2 Å². The normalized spacial score (nSPS) is 17.7. The fraction of sp³-hybridized carbons (Fsp3) is 0.462. The fourth-order valence-electron chi connectivity index (χ4n) is 1.99. The Bertz CT molecular complexity index is 434. The van der Waals surface area contributed by atoms with Gasteiger partial charge in [0, 0.05) is 19.8 Å². The van der Waals surface area contributed by atoms with Crippen molar-refractivity contribution < 1.29 is 14.3 Å². The molecule has 0 bridgehead atoms. The summed E-state index contributed by atoms with van der Waals surface area (Å²) in [5, 5.41) is 6.12. The molecule has 98 valence electrons. The average molecular weight is 250 g/mol. The molecular formula is C13H18N2O3. The minimum absolute atomic E-state index is 0.00754. The second-order valence-electron chi connectivity index (χ2n) is 4.23. The minimum Gasteiger partial charge on any atom is -0.497 e. The van der Waals surface area contributed by atoms with E-state index in [-0.39, 0.29) is 11.9 Å². The summed E-state index contributed by atoms with van der Waals surface area (Å²) >= 11 is 0. The van der Waals surface area contributed by atoms with E-state index in [4.69, 9.17) is 9.47 Å². The molecule has 18 heavy (non-hydrogen) atoms. The third-order valence-corrected chi connectivity index (χ3v) is 2.97. The summed E-state index contributed by atoms with van der Waals surface area (Å²) in [6, 6.07) is 5.40. The van der Waals surface area contributed by atoms with Crippen LogP contribution in [-0.2, 0) is 9.53 Å². The van der Waals surface area contributed by atoms with Gasteiger partial charge in [0.25, 0.3) is 0 Å². The molecule has 1 aromatic carbocycles. The van der Waals surface area contributed by atoms with E-state index in [0.29, 0.717) is 6.61 Å². The van der Waals surface area contributed by atoms with Crippen LogP contribution in [0.5, 0.6) is 5.75 Å². The van der Waals surface area contributed by atoms with Crippen LogP contribution in [0.1, 0.15) is 12.8 Å². The number of amides is 1. The molecule has 0 saturated carbocycles. The summed E-state index contributed by atoms with van der Waals surface area (Å²) in [4.78, 5) is 11.9. The van der Waals surface area contributed by atoms with Gasteiger partial charge in [-0.1, -0.05) is 0 Å². The van der Waals surface area contributed by atoms with Gasteiger partial charge in [0.15, 0.2) is 0 Å². The molecule has 1 aliphatic rings. The molecule has 0 spiro atoms. The first-order valence-electron chi connectivity index (χ1n) is 5.99. The van der Waals surface area contributed by atoms with Crippen LogP contribution < -0.4 is 15.4 Å². The van der Waals surface area contributed by atoms with Crippen LogP contribution in [0.15, 0.2) is 18.2 Å². The molecule has 5 heteroatoms. The first kappa shape index (κ1) is 12.7. The van der Waals surface area contributed by atoms with Gasteiger partial charge in [-0.3, -0.25) is 4.79 Å². The molecule has 1 aliphatic heterocycles. The molecule has 5 nitrogen and oxygen atoms in total. The molecule has 0 aromatic heterocycles. The molecule has 1 amide bonds. The monoisotopic (exact) mass is 250 g/mol. The maximum atomic E-state index is 11.9. The zero-order valence-electron chi connectivity index (χ0n) is 10.7. The molecule has 1 unspecified atom stereocenters. The maximum Gasteiger partial charge on any atom is 0.246 e. The van der Waals surface area contributed by atoms with Gasteiger partial charge in [-0.05, 0) is 25.0 Å². The first-order valence-corrected chi connectivity index (χ1v) is 5.99. The Morgan fingerprint density at radius 1 is 1.28 bits per heavy atom. The Morgan fingerprint density at radius 3 is 2.83 bits per heavy atom. The van der Waals surface area contributed by atoms with Crippen molar-refractivity contribution in [3.63, 3.8) is 0 Å². The number of hydrogen-bond acceptors (Lipinski definition) is 4. The zero-order valence-corrected chi connectivity index (χ0v) is 10.7. The topological polar surface area (TPSA) is 59.6 Å². The lowest BCUT2D eigenvalue weighted by atomic mass is 10.1. The van der Waals surface area contributed by atoms with Crippen LogP contribution in [0.4, 0.5) is 11.4 Å². The van der Waals surface area contributed by atoms with Crippen molar-refractivity contribution in [3.8, 4) is 5.75 Å². The van der Waals surface area contributed by atoms with Crippen molar-refractivity contribution in [1.82, 2.24) is 0 Å². The SMILES string of the molecule is COCCCC1Nc2ccc(OC)cc2NC1=O. The van der Waals surface area contributed by atoms with Crippen molar-refractivity contribution in [2.24, 2.45) is 0 Å². The lowest BCUT2D eigenvalue weighted by molar-refractivity contribution is -0.117. The summed E-state index contributed by atoms with van der Waals surface area (Å²) in [5.41, 5.74) is 1.69. The van der Waals surface area contributed by atoms with Crippen molar-refractivity contribution in [2.45, 2.75) is 18.9 Å². The van der Waals surface area contributed by atoms with Crippen molar-refractivity contribution in [1.29, 1.82) is 0 Å². The van der Waals surface area contributed by atoms with Crippen molar-refractivity contribution >= 4 is 17.3 Å². The average Bonchev–Trinajstić information content (AvgIpc) is 2.39. The van der Waals surface area contributed by atoms with E-state index in [1.165, 1.54) is 0 Å². The zero-order chi connectivity index (χ0) is 13.0. The molecule has 1 aromatic rings. The van der Waals surface area contributed by atoms with E-state index in [2.05, 4.69) is 10.6 Å². The number of hydrogen-bond donors (Lipinski definition) is 2. The standard InChI is InChI=1S/C13H18N2O3/c1-17-7-3-4-11-13(16)15-12-8-9(18-2)5-6-10(12)14-11/h5-6,8,11,14H,3-4,7H2,1-2H3,(H,15,16). The van der Waals surface area contributed by atoms with Gasteiger partial charge in [-0.15, -0.1) is 0 Å². The lowest BCUT2D eigenvalue weighted by Crippen LogP contribution is -2.38. The van der Waals surface area contributed by atoms with Gasteiger partial charge in [0.2, 0.25) is 5.91 Å². The van der Waals surface area contributed by atoms with E-state index in [1.807, 2.05) is 18.2 Å². The maximum absolute atomic E-state index is 11.9. The van der Waals surface area contributed by atoms with E-state index in [9.17, 15) is 4.79 Å². The summed E-state index contributed by atoms with van der Waals surface area (Å²) < 4.78 is 10.1. The van der Waals surface area contributed by atoms with E-state index in [0.717, 1.165) is 30.0 Å². The van der Waals surface area contributed by atoms with E-state index in [1.54, 1.807) is 14.2 Å². The predicted molar refractivity (Wildman–Crippen MR) is 70.1 cm³/mol. The van der Waals surface area contributed by atoms with Crippen LogP contribution in [-0.4, -0.2) is 32.8 Å². The number of ether oxygens (including phenoxy) is 2. The van der Waals surface area contributed by atoms with Gasteiger partial charge in [-0.2, -0.15) is 0 Å². The number of nitrogens with one attached hydrogen (secondary N) is 2. The second kappa shape index (κ2) is 5.73.